The summed E-state index contributed by atoms with van der Waals surface area (Å²) in [6, 6.07) is 3.44. The summed E-state index contributed by atoms with van der Waals surface area (Å²) in [7, 11) is -3.80. The van der Waals surface area contributed by atoms with Gasteiger partial charge in [0.15, 0.2) is 0 Å². The highest BCUT2D eigenvalue weighted by Crippen LogP contribution is 2.32. The zero-order valence-electron chi connectivity index (χ0n) is 11.6. The topological polar surface area (TPSA) is 127 Å². The van der Waals surface area contributed by atoms with E-state index in [0.717, 1.165) is 37.8 Å². The predicted octanol–water partition coefficient (Wildman–Crippen LogP) is 1.49. The van der Waals surface area contributed by atoms with Crippen molar-refractivity contribution in [2.75, 3.05) is 5.43 Å². The van der Waals surface area contributed by atoms with Crippen LogP contribution in [0.25, 0.3) is 0 Å². The number of hydrogen-bond acceptors (Lipinski definition) is 6. The van der Waals surface area contributed by atoms with Gasteiger partial charge >= 0.3 is 0 Å². The van der Waals surface area contributed by atoms with Gasteiger partial charge in [-0.25, -0.2) is 13.1 Å². The molecule has 0 spiro atoms. The zero-order chi connectivity index (χ0) is 15.7. The molecule has 0 saturated heterocycles. The Hall–Kier alpha value is -1.71. The Morgan fingerprint density at radius 1 is 1.33 bits per heavy atom. The molecule has 21 heavy (non-hydrogen) atoms. The highest BCUT2D eigenvalue weighted by molar-refractivity contribution is 7.89. The molecule has 1 aromatic rings. The van der Waals surface area contributed by atoms with Gasteiger partial charge in [-0.1, -0.05) is 12.8 Å². The lowest BCUT2D eigenvalue weighted by Gasteiger charge is -2.25. The fourth-order valence-corrected chi connectivity index (χ4v) is 4.23. The van der Waals surface area contributed by atoms with Gasteiger partial charge in [0, 0.05) is 17.7 Å². The molecule has 0 atom stereocenters. The molecule has 9 heteroatoms. The molecule has 1 saturated carbocycles. The molecule has 0 heterocycles. The van der Waals surface area contributed by atoms with Crippen molar-refractivity contribution in [3.8, 4) is 0 Å². The number of nitrogens with zero attached hydrogens (tertiary/aromatic N) is 1. The summed E-state index contributed by atoms with van der Waals surface area (Å²) < 4.78 is 27.6. The number of nitrogens with one attached hydrogen (secondary N) is 2. The number of sulfonamides is 1. The van der Waals surface area contributed by atoms with Crippen LogP contribution in [-0.4, -0.2) is 18.9 Å². The van der Waals surface area contributed by atoms with Crippen LogP contribution in [0.2, 0.25) is 0 Å². The van der Waals surface area contributed by atoms with Crippen molar-refractivity contribution >= 4 is 21.4 Å². The molecule has 1 fully saturated rings. The van der Waals surface area contributed by atoms with Crippen molar-refractivity contribution in [1.29, 1.82) is 0 Å². The molecule has 8 nitrogen and oxygen atoms in total. The van der Waals surface area contributed by atoms with Gasteiger partial charge in [0.05, 0.1) is 10.6 Å². The van der Waals surface area contributed by atoms with Crippen LogP contribution in [0, 0.1) is 10.1 Å². The van der Waals surface area contributed by atoms with E-state index in [1.807, 2.05) is 6.92 Å². The Balaban J connectivity index is 2.37. The molecule has 1 aliphatic carbocycles. The number of benzene rings is 1. The lowest BCUT2D eigenvalue weighted by molar-refractivity contribution is -0.384. The smallest absolute Gasteiger partial charge is 0.271 e. The standard InChI is InChI=1S/C12H18N4O4S/c1-12(6-2-3-7-12)15-21(19,20)11-5-4-9(16(17)18)8-10(11)14-13/h4-5,8,14-15H,2-3,6-7,13H2,1H3. The number of hydrazine groups is 1. The summed E-state index contributed by atoms with van der Waals surface area (Å²) in [5.74, 6) is 5.29. The number of nitro groups is 1. The van der Waals surface area contributed by atoms with Gasteiger partial charge < -0.3 is 5.43 Å². The van der Waals surface area contributed by atoms with E-state index in [4.69, 9.17) is 5.84 Å². The van der Waals surface area contributed by atoms with Gasteiger partial charge in [0.25, 0.3) is 5.69 Å². The van der Waals surface area contributed by atoms with Gasteiger partial charge in [0.1, 0.15) is 4.90 Å². The zero-order valence-corrected chi connectivity index (χ0v) is 12.4. The summed E-state index contributed by atoms with van der Waals surface area (Å²) in [5, 5.41) is 10.7. The molecule has 0 amide bonds. The molecule has 2 rings (SSSR count). The third-order valence-electron chi connectivity index (χ3n) is 3.71. The Bertz CT molecular complexity index is 653. The first-order valence-corrected chi connectivity index (χ1v) is 8.05. The summed E-state index contributed by atoms with van der Waals surface area (Å²) in [4.78, 5) is 10.0. The minimum atomic E-state index is -3.80. The maximum Gasteiger partial charge on any atom is 0.271 e. The number of non-ortho nitro benzene ring substituents is 1. The largest absolute Gasteiger partial charge is 0.323 e. The van der Waals surface area contributed by atoms with Crippen LogP contribution in [0.1, 0.15) is 32.6 Å². The van der Waals surface area contributed by atoms with E-state index >= 15 is 0 Å². The highest BCUT2D eigenvalue weighted by atomic mass is 32.2. The second kappa shape index (κ2) is 5.58. The van der Waals surface area contributed by atoms with E-state index < -0.39 is 20.5 Å². The molecule has 0 aliphatic heterocycles. The van der Waals surface area contributed by atoms with Crippen LogP contribution in [0.4, 0.5) is 11.4 Å². The Kier molecular flexibility index (Phi) is 4.17. The second-order valence-electron chi connectivity index (χ2n) is 5.46. The average molecular weight is 314 g/mol. The lowest BCUT2D eigenvalue weighted by atomic mass is 10.0. The Labute approximate surface area is 122 Å². The maximum atomic E-state index is 12.5. The Morgan fingerprint density at radius 3 is 2.48 bits per heavy atom. The highest BCUT2D eigenvalue weighted by Gasteiger charge is 2.34. The molecule has 0 bridgehead atoms. The SMILES string of the molecule is CC1(NS(=O)(=O)c2ccc([N+](=O)[O-])cc2NN)CCCC1. The van der Waals surface area contributed by atoms with Gasteiger partial charge in [-0.3, -0.25) is 16.0 Å². The first-order valence-electron chi connectivity index (χ1n) is 6.56. The molecule has 0 aromatic heterocycles. The van der Waals surface area contributed by atoms with Crippen molar-refractivity contribution in [3.05, 3.63) is 28.3 Å². The maximum absolute atomic E-state index is 12.5. The van der Waals surface area contributed by atoms with Crippen LogP contribution in [0.5, 0.6) is 0 Å². The van der Waals surface area contributed by atoms with Gasteiger partial charge in [-0.05, 0) is 25.8 Å². The summed E-state index contributed by atoms with van der Waals surface area (Å²) >= 11 is 0. The van der Waals surface area contributed by atoms with Crippen molar-refractivity contribution in [2.45, 2.75) is 43.0 Å². The van der Waals surface area contributed by atoms with Gasteiger partial charge in [0.2, 0.25) is 10.0 Å². The van der Waals surface area contributed by atoms with Crippen LogP contribution in [-0.2, 0) is 10.0 Å². The molecule has 0 radical (unpaired) electrons. The number of rotatable bonds is 5. The molecular formula is C12H18N4O4S. The monoisotopic (exact) mass is 314 g/mol. The van der Waals surface area contributed by atoms with E-state index in [-0.39, 0.29) is 16.3 Å². The van der Waals surface area contributed by atoms with E-state index in [9.17, 15) is 18.5 Å². The number of nitrogens with two attached hydrogens (primary N) is 1. The van der Waals surface area contributed by atoms with Crippen molar-refractivity contribution < 1.29 is 13.3 Å². The first-order chi connectivity index (χ1) is 9.77. The van der Waals surface area contributed by atoms with E-state index in [2.05, 4.69) is 10.1 Å². The fourth-order valence-electron chi connectivity index (χ4n) is 2.62. The first kappa shape index (κ1) is 15.7. The van der Waals surface area contributed by atoms with Gasteiger partial charge in [-0.2, -0.15) is 0 Å². The summed E-state index contributed by atoms with van der Waals surface area (Å²) in [6.07, 6.45) is 3.48. The average Bonchev–Trinajstić information content (AvgIpc) is 2.83. The van der Waals surface area contributed by atoms with E-state index in [1.54, 1.807) is 0 Å². The lowest BCUT2D eigenvalue weighted by Crippen LogP contribution is -2.43. The van der Waals surface area contributed by atoms with Crippen molar-refractivity contribution in [2.24, 2.45) is 5.84 Å². The third-order valence-corrected chi connectivity index (χ3v) is 5.40. The number of hydrogen-bond donors (Lipinski definition) is 3. The molecule has 4 N–H and O–H groups in total. The normalized spacial score (nSPS) is 17.6. The quantitative estimate of drug-likeness (QED) is 0.429. The summed E-state index contributed by atoms with van der Waals surface area (Å²) in [5.41, 5.74) is 1.50. The minimum Gasteiger partial charge on any atom is -0.323 e. The van der Waals surface area contributed by atoms with Crippen molar-refractivity contribution in [1.82, 2.24) is 4.72 Å². The van der Waals surface area contributed by atoms with Crippen LogP contribution in [0.3, 0.4) is 0 Å². The fraction of sp³-hybridized carbons (Fsp3) is 0.500. The predicted molar refractivity (Wildman–Crippen MR) is 78.1 cm³/mol. The van der Waals surface area contributed by atoms with E-state index in [0.29, 0.717) is 0 Å². The molecule has 1 aromatic carbocycles. The van der Waals surface area contributed by atoms with Crippen LogP contribution >= 0.6 is 0 Å². The van der Waals surface area contributed by atoms with Crippen LogP contribution in [0.15, 0.2) is 23.1 Å². The molecule has 116 valence electrons. The van der Waals surface area contributed by atoms with E-state index in [1.165, 1.54) is 6.07 Å². The summed E-state index contributed by atoms with van der Waals surface area (Å²) in [6.45, 7) is 1.86. The minimum absolute atomic E-state index is 0.00158. The number of nitro benzene ring substituents is 1. The number of anilines is 1. The van der Waals surface area contributed by atoms with Crippen LogP contribution < -0.4 is 16.0 Å². The van der Waals surface area contributed by atoms with Crippen molar-refractivity contribution in [3.63, 3.8) is 0 Å². The molecule has 0 unspecified atom stereocenters. The number of nitrogen functional groups attached to an aromatic ring is 1. The van der Waals surface area contributed by atoms with Gasteiger partial charge in [-0.15, -0.1) is 0 Å². The Morgan fingerprint density at radius 2 is 1.95 bits per heavy atom. The third kappa shape index (κ3) is 3.31. The molecular weight excluding hydrogens is 296 g/mol. The molecule has 1 aliphatic rings. The second-order valence-corrected chi connectivity index (χ2v) is 7.11.